The smallest absolute Gasteiger partial charge is 0.291 e. The highest BCUT2D eigenvalue weighted by Crippen LogP contribution is 2.24. The van der Waals surface area contributed by atoms with Gasteiger partial charge in [-0.3, -0.25) is 14.0 Å². The molecule has 3 aromatic heterocycles. The molecule has 0 bridgehead atoms. The van der Waals surface area contributed by atoms with E-state index in [4.69, 9.17) is 4.42 Å². The van der Waals surface area contributed by atoms with Gasteiger partial charge < -0.3 is 9.73 Å². The third-order valence-corrected chi connectivity index (χ3v) is 6.01. The molecule has 0 aliphatic rings. The number of nitrogens with one attached hydrogen (secondary N) is 1. The predicted molar refractivity (Wildman–Crippen MR) is 119 cm³/mol. The maximum Gasteiger partial charge on any atom is 0.291 e. The average Bonchev–Trinajstić information content (AvgIpc) is 3.26. The number of aryl methyl sites for hydroxylation is 2. The van der Waals surface area contributed by atoms with Crippen LogP contribution in [0.2, 0.25) is 0 Å². The minimum Gasteiger partial charge on any atom is -0.460 e. The summed E-state index contributed by atoms with van der Waals surface area (Å²) in [7, 11) is 0. The van der Waals surface area contributed by atoms with Gasteiger partial charge in [0.25, 0.3) is 5.56 Å². The van der Waals surface area contributed by atoms with Crippen LogP contribution in [0.3, 0.4) is 0 Å². The molecule has 1 aromatic carbocycles. The van der Waals surface area contributed by atoms with Crippen LogP contribution < -0.4 is 10.9 Å². The molecule has 0 radical (unpaired) electrons. The molecule has 7 nitrogen and oxygen atoms in total. The van der Waals surface area contributed by atoms with E-state index in [1.54, 1.807) is 6.07 Å². The highest BCUT2D eigenvalue weighted by molar-refractivity contribution is 9.10. The van der Waals surface area contributed by atoms with Crippen molar-refractivity contribution in [3.63, 3.8) is 0 Å². The number of hydrogen-bond donors (Lipinski definition) is 1. The third-order valence-electron chi connectivity index (χ3n) is 5.23. The van der Waals surface area contributed by atoms with Gasteiger partial charge in [0.15, 0.2) is 5.58 Å². The molecule has 0 fully saturated rings. The summed E-state index contributed by atoms with van der Waals surface area (Å²) in [6.07, 6.45) is 1.06. The number of aromatic nitrogens is 3. The van der Waals surface area contributed by atoms with Gasteiger partial charge in [0.05, 0.1) is 5.52 Å². The van der Waals surface area contributed by atoms with Gasteiger partial charge in [-0.15, -0.1) is 0 Å². The molecule has 1 N–H and O–H groups in total. The monoisotopic (exact) mass is 470 g/mol. The Kier molecular flexibility index (Phi) is 5.51. The third kappa shape index (κ3) is 3.45. The molecule has 4 aromatic rings. The highest BCUT2D eigenvalue weighted by Gasteiger charge is 2.24. The standard InChI is InChI=1S/C22H23BrN4O3/c1-4-16(21(28)24-12-14-8-6-7-9-15(14)23)27-22(29)18-11-19-17(10-13(3)30-19)26(18)20(5-2)25-27/h6-11,16H,4-5,12H2,1-3H3,(H,24,28)/t16-/m1/s1. The van der Waals surface area contributed by atoms with Crippen molar-refractivity contribution in [1.29, 1.82) is 0 Å². The molecule has 3 heterocycles. The molecule has 1 amide bonds. The largest absolute Gasteiger partial charge is 0.460 e. The summed E-state index contributed by atoms with van der Waals surface area (Å²) in [5.74, 6) is 1.25. The van der Waals surface area contributed by atoms with Crippen LogP contribution in [-0.4, -0.2) is 20.1 Å². The zero-order valence-corrected chi connectivity index (χ0v) is 18.7. The minimum absolute atomic E-state index is 0.236. The Balaban J connectivity index is 1.72. The molecule has 0 aliphatic carbocycles. The van der Waals surface area contributed by atoms with Crippen molar-refractivity contribution in [3.05, 3.63) is 68.4 Å². The molecule has 156 valence electrons. The van der Waals surface area contributed by atoms with Crippen molar-refractivity contribution in [2.24, 2.45) is 0 Å². The lowest BCUT2D eigenvalue weighted by Gasteiger charge is -2.18. The Bertz CT molecular complexity index is 1300. The number of rotatable bonds is 6. The molecule has 0 spiro atoms. The van der Waals surface area contributed by atoms with Crippen molar-refractivity contribution in [2.75, 3.05) is 0 Å². The fourth-order valence-electron chi connectivity index (χ4n) is 3.73. The Labute approximate surface area is 181 Å². The summed E-state index contributed by atoms with van der Waals surface area (Å²) in [5.41, 5.74) is 2.59. The normalized spacial score (nSPS) is 12.5. The van der Waals surface area contributed by atoms with E-state index in [1.165, 1.54) is 4.68 Å². The lowest BCUT2D eigenvalue weighted by atomic mass is 10.2. The fraction of sp³-hybridized carbons (Fsp3) is 0.318. The van der Waals surface area contributed by atoms with E-state index in [2.05, 4.69) is 26.3 Å². The summed E-state index contributed by atoms with van der Waals surface area (Å²) in [6.45, 7) is 6.09. The first-order valence-electron chi connectivity index (χ1n) is 9.99. The molecule has 4 rings (SSSR count). The summed E-state index contributed by atoms with van der Waals surface area (Å²) in [4.78, 5) is 26.2. The predicted octanol–water partition coefficient (Wildman–Crippen LogP) is 4.14. The molecule has 0 aliphatic heterocycles. The lowest BCUT2D eigenvalue weighted by Crippen LogP contribution is -2.39. The first kappa shape index (κ1) is 20.4. The van der Waals surface area contributed by atoms with Gasteiger partial charge in [0.2, 0.25) is 5.91 Å². The summed E-state index contributed by atoms with van der Waals surface area (Å²) in [6, 6.07) is 10.6. The number of benzene rings is 1. The molecule has 30 heavy (non-hydrogen) atoms. The fourth-order valence-corrected chi connectivity index (χ4v) is 4.16. The molecule has 0 unspecified atom stereocenters. The van der Waals surface area contributed by atoms with Crippen LogP contribution >= 0.6 is 15.9 Å². The highest BCUT2D eigenvalue weighted by atomic mass is 79.9. The maximum absolute atomic E-state index is 13.2. The maximum atomic E-state index is 13.2. The lowest BCUT2D eigenvalue weighted by molar-refractivity contribution is -0.125. The van der Waals surface area contributed by atoms with E-state index in [9.17, 15) is 9.59 Å². The Hall–Kier alpha value is -2.87. The van der Waals surface area contributed by atoms with Crippen molar-refractivity contribution in [2.45, 2.75) is 46.2 Å². The van der Waals surface area contributed by atoms with Gasteiger partial charge in [-0.25, -0.2) is 4.68 Å². The van der Waals surface area contributed by atoms with Crippen LogP contribution in [0.5, 0.6) is 0 Å². The van der Waals surface area contributed by atoms with Crippen LogP contribution in [0, 0.1) is 6.92 Å². The first-order chi connectivity index (χ1) is 14.4. The van der Waals surface area contributed by atoms with Crippen LogP contribution in [0.4, 0.5) is 0 Å². The van der Waals surface area contributed by atoms with Gasteiger partial charge >= 0.3 is 0 Å². The van der Waals surface area contributed by atoms with Gasteiger partial charge in [0.1, 0.15) is 23.1 Å². The van der Waals surface area contributed by atoms with Crippen molar-refractivity contribution in [3.8, 4) is 0 Å². The SMILES string of the molecule is CCc1nn([C@H](CC)C(=O)NCc2ccccc2Br)c(=O)c2cc3oc(C)cc3n12. The van der Waals surface area contributed by atoms with Crippen molar-refractivity contribution < 1.29 is 9.21 Å². The number of halogens is 1. The summed E-state index contributed by atoms with van der Waals surface area (Å²) in [5, 5.41) is 7.51. The van der Waals surface area contributed by atoms with Crippen LogP contribution in [0.15, 0.2) is 50.1 Å². The van der Waals surface area contributed by atoms with Crippen molar-refractivity contribution in [1.82, 2.24) is 19.5 Å². The summed E-state index contributed by atoms with van der Waals surface area (Å²) < 4.78 is 9.77. The molecule has 1 atom stereocenters. The second kappa shape index (κ2) is 8.10. The Morgan fingerprint density at radius 3 is 2.70 bits per heavy atom. The van der Waals surface area contributed by atoms with E-state index >= 15 is 0 Å². The van der Waals surface area contributed by atoms with E-state index < -0.39 is 6.04 Å². The van der Waals surface area contributed by atoms with Gasteiger partial charge in [-0.1, -0.05) is 48.0 Å². The zero-order valence-electron chi connectivity index (χ0n) is 17.1. The van der Waals surface area contributed by atoms with Crippen LogP contribution in [-0.2, 0) is 17.8 Å². The molecule has 0 saturated carbocycles. The van der Waals surface area contributed by atoms with Gasteiger partial charge in [-0.05, 0) is 25.0 Å². The number of hydrogen-bond acceptors (Lipinski definition) is 4. The number of carbonyl (C=O) groups excluding carboxylic acids is 1. The number of furan rings is 1. The minimum atomic E-state index is -0.696. The molecule has 8 heteroatoms. The second-order valence-corrected chi connectivity index (χ2v) is 8.08. The average molecular weight is 471 g/mol. The van der Waals surface area contributed by atoms with E-state index in [1.807, 2.05) is 55.5 Å². The number of fused-ring (bicyclic) bond motifs is 3. The van der Waals surface area contributed by atoms with E-state index in [0.29, 0.717) is 36.3 Å². The number of nitrogens with zero attached hydrogens (tertiary/aromatic N) is 3. The van der Waals surface area contributed by atoms with Gasteiger partial charge in [0, 0.05) is 29.6 Å². The zero-order chi connectivity index (χ0) is 21.4. The Morgan fingerprint density at radius 2 is 2.00 bits per heavy atom. The number of carbonyl (C=O) groups is 1. The van der Waals surface area contributed by atoms with Crippen LogP contribution in [0.1, 0.15) is 43.5 Å². The molecule has 0 saturated heterocycles. The van der Waals surface area contributed by atoms with E-state index in [0.717, 1.165) is 21.3 Å². The van der Waals surface area contributed by atoms with Crippen LogP contribution in [0.25, 0.3) is 16.6 Å². The quantitative estimate of drug-likeness (QED) is 0.458. The molecular weight excluding hydrogens is 448 g/mol. The topological polar surface area (TPSA) is 81.5 Å². The first-order valence-corrected chi connectivity index (χ1v) is 10.8. The Morgan fingerprint density at radius 1 is 1.23 bits per heavy atom. The van der Waals surface area contributed by atoms with Gasteiger partial charge in [-0.2, -0.15) is 5.10 Å². The number of amides is 1. The second-order valence-electron chi connectivity index (χ2n) is 7.22. The van der Waals surface area contributed by atoms with Crippen molar-refractivity contribution >= 4 is 38.5 Å². The molecular formula is C22H23BrN4O3. The summed E-state index contributed by atoms with van der Waals surface area (Å²) >= 11 is 3.49. The van der Waals surface area contributed by atoms with E-state index in [-0.39, 0.29) is 11.5 Å².